The van der Waals surface area contributed by atoms with E-state index in [-0.39, 0.29) is 0 Å². The Morgan fingerprint density at radius 1 is 1.54 bits per heavy atom. The predicted molar refractivity (Wildman–Crippen MR) is 58.4 cm³/mol. The molecule has 1 aliphatic rings. The van der Waals surface area contributed by atoms with Crippen LogP contribution < -0.4 is 4.90 Å². The second-order valence-corrected chi connectivity index (χ2v) is 4.46. The molecule has 1 aromatic heterocycles. The molecule has 0 bridgehead atoms. The highest BCUT2D eigenvalue weighted by atomic mass is 32.2. The molecular weight excluding hydrogens is 180 g/mol. The van der Waals surface area contributed by atoms with Crippen molar-refractivity contribution in [2.24, 2.45) is 0 Å². The van der Waals surface area contributed by atoms with Gasteiger partial charge in [-0.15, -0.1) is 0 Å². The fourth-order valence-corrected chi connectivity index (χ4v) is 2.60. The number of hydrogen-bond donors (Lipinski definition) is 0. The van der Waals surface area contributed by atoms with Crippen LogP contribution in [0.1, 0.15) is 6.92 Å². The molecule has 2 heterocycles. The third-order valence-corrected chi connectivity index (χ3v) is 3.50. The molecule has 0 aliphatic carbocycles. The summed E-state index contributed by atoms with van der Waals surface area (Å²) < 4.78 is 0. The highest BCUT2D eigenvalue weighted by molar-refractivity contribution is 7.99. The van der Waals surface area contributed by atoms with E-state index in [1.54, 1.807) is 0 Å². The van der Waals surface area contributed by atoms with Crippen molar-refractivity contribution in [3.05, 3.63) is 24.4 Å². The van der Waals surface area contributed by atoms with Gasteiger partial charge in [0.2, 0.25) is 0 Å². The zero-order valence-corrected chi connectivity index (χ0v) is 8.63. The first-order chi connectivity index (χ1) is 6.38. The number of aromatic nitrogens is 1. The second kappa shape index (κ2) is 4.01. The van der Waals surface area contributed by atoms with E-state index in [9.17, 15) is 0 Å². The van der Waals surface area contributed by atoms with Crippen molar-refractivity contribution in [2.75, 3.05) is 23.0 Å². The van der Waals surface area contributed by atoms with Crippen LogP contribution >= 0.6 is 11.8 Å². The maximum atomic E-state index is 4.37. The molecule has 70 valence electrons. The maximum absolute atomic E-state index is 4.37. The molecule has 0 N–H and O–H groups in total. The molecule has 1 atom stereocenters. The zero-order valence-electron chi connectivity index (χ0n) is 7.81. The molecule has 1 unspecified atom stereocenters. The number of hydrogen-bond acceptors (Lipinski definition) is 3. The lowest BCUT2D eigenvalue weighted by Crippen LogP contribution is -2.40. The van der Waals surface area contributed by atoms with E-state index >= 15 is 0 Å². The molecule has 1 aliphatic heterocycles. The van der Waals surface area contributed by atoms with Gasteiger partial charge in [0, 0.05) is 30.3 Å². The largest absolute Gasteiger partial charge is 0.352 e. The minimum absolute atomic E-state index is 0.619. The normalized spacial score (nSPS) is 23.2. The first kappa shape index (κ1) is 8.88. The SMILES string of the molecule is CC1CSCCN1c1ccccn1. The summed E-state index contributed by atoms with van der Waals surface area (Å²) in [6.07, 6.45) is 1.86. The summed E-state index contributed by atoms with van der Waals surface area (Å²) in [6, 6.07) is 6.73. The Kier molecular flexibility index (Phi) is 2.74. The van der Waals surface area contributed by atoms with Crippen LogP contribution in [0.15, 0.2) is 24.4 Å². The van der Waals surface area contributed by atoms with Crippen molar-refractivity contribution in [2.45, 2.75) is 13.0 Å². The Morgan fingerprint density at radius 2 is 2.46 bits per heavy atom. The third-order valence-electron chi connectivity index (χ3n) is 2.31. The molecule has 1 saturated heterocycles. The summed E-state index contributed by atoms with van der Waals surface area (Å²) in [5, 5.41) is 0. The van der Waals surface area contributed by atoms with Gasteiger partial charge in [-0.3, -0.25) is 0 Å². The summed E-state index contributed by atoms with van der Waals surface area (Å²) in [6.45, 7) is 3.39. The van der Waals surface area contributed by atoms with Gasteiger partial charge in [0.1, 0.15) is 5.82 Å². The standard InChI is InChI=1S/C10H14N2S/c1-9-8-13-7-6-12(9)10-4-2-3-5-11-10/h2-5,9H,6-8H2,1H3. The van der Waals surface area contributed by atoms with E-state index in [4.69, 9.17) is 0 Å². The van der Waals surface area contributed by atoms with Crippen molar-refractivity contribution in [1.29, 1.82) is 0 Å². The Hall–Kier alpha value is -0.700. The minimum Gasteiger partial charge on any atom is -0.352 e. The number of nitrogens with zero attached hydrogens (tertiary/aromatic N) is 2. The third kappa shape index (κ3) is 1.97. The Labute approximate surface area is 83.4 Å². The second-order valence-electron chi connectivity index (χ2n) is 3.31. The van der Waals surface area contributed by atoms with Crippen molar-refractivity contribution in [1.82, 2.24) is 4.98 Å². The van der Waals surface area contributed by atoms with Gasteiger partial charge in [-0.05, 0) is 19.1 Å². The molecule has 0 amide bonds. The molecule has 2 rings (SSSR count). The number of thioether (sulfide) groups is 1. The van der Waals surface area contributed by atoms with Gasteiger partial charge in [-0.25, -0.2) is 4.98 Å². The first-order valence-corrected chi connectivity index (χ1v) is 5.79. The van der Waals surface area contributed by atoms with Crippen molar-refractivity contribution in [3.8, 4) is 0 Å². The molecular formula is C10H14N2S. The van der Waals surface area contributed by atoms with E-state index in [0.29, 0.717) is 6.04 Å². The minimum atomic E-state index is 0.619. The molecule has 2 nitrogen and oxygen atoms in total. The smallest absolute Gasteiger partial charge is 0.128 e. The van der Waals surface area contributed by atoms with E-state index in [1.807, 2.05) is 24.0 Å². The molecule has 0 spiro atoms. The van der Waals surface area contributed by atoms with Gasteiger partial charge in [0.05, 0.1) is 0 Å². The van der Waals surface area contributed by atoms with Gasteiger partial charge >= 0.3 is 0 Å². The van der Waals surface area contributed by atoms with Crippen molar-refractivity contribution in [3.63, 3.8) is 0 Å². The van der Waals surface area contributed by atoms with Crippen molar-refractivity contribution < 1.29 is 0 Å². The highest BCUT2D eigenvalue weighted by Crippen LogP contribution is 2.21. The van der Waals surface area contributed by atoms with E-state index in [0.717, 1.165) is 12.4 Å². The molecule has 0 aromatic carbocycles. The summed E-state index contributed by atoms with van der Waals surface area (Å²) in [4.78, 5) is 6.75. The van der Waals surface area contributed by atoms with Crippen molar-refractivity contribution >= 4 is 17.6 Å². The van der Waals surface area contributed by atoms with E-state index < -0.39 is 0 Å². The fourth-order valence-electron chi connectivity index (χ4n) is 1.59. The van der Waals surface area contributed by atoms with Gasteiger partial charge < -0.3 is 4.90 Å². The van der Waals surface area contributed by atoms with Crippen LogP contribution in [0.2, 0.25) is 0 Å². The molecule has 1 aromatic rings. The molecule has 3 heteroatoms. The lowest BCUT2D eigenvalue weighted by molar-refractivity contribution is 0.690. The van der Waals surface area contributed by atoms with Gasteiger partial charge in [0.15, 0.2) is 0 Å². The zero-order chi connectivity index (χ0) is 9.10. The van der Waals surface area contributed by atoms with Crippen LogP contribution in [0.25, 0.3) is 0 Å². The topological polar surface area (TPSA) is 16.1 Å². The number of pyridine rings is 1. The summed E-state index contributed by atoms with van der Waals surface area (Å²) in [5.74, 6) is 3.56. The van der Waals surface area contributed by atoms with Crippen LogP contribution in [0.5, 0.6) is 0 Å². The average Bonchev–Trinajstić information content (AvgIpc) is 2.20. The molecule has 0 saturated carbocycles. The fraction of sp³-hybridized carbons (Fsp3) is 0.500. The van der Waals surface area contributed by atoms with E-state index in [1.165, 1.54) is 11.5 Å². The summed E-state index contributed by atoms with van der Waals surface area (Å²) >= 11 is 2.03. The molecule has 13 heavy (non-hydrogen) atoms. The lowest BCUT2D eigenvalue weighted by Gasteiger charge is -2.33. The Balaban J connectivity index is 2.15. The number of anilines is 1. The van der Waals surface area contributed by atoms with Crippen LogP contribution in [0.4, 0.5) is 5.82 Å². The monoisotopic (exact) mass is 194 g/mol. The first-order valence-electron chi connectivity index (χ1n) is 4.63. The predicted octanol–water partition coefficient (Wildman–Crippen LogP) is 2.02. The van der Waals surface area contributed by atoms with Gasteiger partial charge in [0.25, 0.3) is 0 Å². The Bertz CT molecular complexity index is 263. The maximum Gasteiger partial charge on any atom is 0.128 e. The summed E-state index contributed by atoms with van der Waals surface area (Å²) in [5.41, 5.74) is 0. The number of rotatable bonds is 1. The van der Waals surface area contributed by atoms with Crippen LogP contribution in [0.3, 0.4) is 0 Å². The Morgan fingerprint density at radius 3 is 3.15 bits per heavy atom. The van der Waals surface area contributed by atoms with Gasteiger partial charge in [-0.1, -0.05) is 6.07 Å². The van der Waals surface area contributed by atoms with E-state index in [2.05, 4.69) is 28.9 Å². The van der Waals surface area contributed by atoms with Crippen LogP contribution in [0, 0.1) is 0 Å². The highest BCUT2D eigenvalue weighted by Gasteiger charge is 2.18. The average molecular weight is 194 g/mol. The van der Waals surface area contributed by atoms with Crippen LogP contribution in [-0.4, -0.2) is 29.1 Å². The van der Waals surface area contributed by atoms with Crippen LogP contribution in [-0.2, 0) is 0 Å². The lowest BCUT2D eigenvalue weighted by atomic mass is 10.3. The summed E-state index contributed by atoms with van der Waals surface area (Å²) in [7, 11) is 0. The quantitative estimate of drug-likeness (QED) is 0.680. The van der Waals surface area contributed by atoms with Gasteiger partial charge in [-0.2, -0.15) is 11.8 Å². The molecule has 1 fully saturated rings. The molecule has 0 radical (unpaired) electrons.